The number of likely N-dealkylation sites (tertiary alicyclic amines) is 1. The van der Waals surface area contributed by atoms with E-state index in [0.717, 1.165) is 23.6 Å². The fraction of sp³-hybridized carbons (Fsp3) is 0.533. The van der Waals surface area contributed by atoms with Gasteiger partial charge in [0, 0.05) is 24.7 Å². The molecule has 1 aromatic rings. The normalized spacial score (nSPS) is 19.5. The predicted molar refractivity (Wildman–Crippen MR) is 86.3 cm³/mol. The van der Waals surface area contributed by atoms with Crippen LogP contribution in [0.1, 0.15) is 26.2 Å². The average Bonchev–Trinajstić information content (AvgIpc) is 2.48. The summed E-state index contributed by atoms with van der Waals surface area (Å²) in [6.07, 6.45) is 3.06. The lowest BCUT2D eigenvalue weighted by molar-refractivity contribution is -0.134. The van der Waals surface area contributed by atoms with Crippen molar-refractivity contribution in [3.63, 3.8) is 0 Å². The Balaban J connectivity index is 2.08. The predicted octanol–water partition coefficient (Wildman–Crippen LogP) is 2.36. The molecule has 0 aliphatic carbocycles. The molecular formula is C15H21ClN2O3S. The summed E-state index contributed by atoms with van der Waals surface area (Å²) in [4.78, 5) is 14.3. The van der Waals surface area contributed by atoms with E-state index in [4.69, 9.17) is 11.6 Å². The summed E-state index contributed by atoms with van der Waals surface area (Å²) in [7, 11) is -2.25. The number of nitrogens with zero attached hydrogens (tertiary/aromatic N) is 2. The summed E-state index contributed by atoms with van der Waals surface area (Å²) < 4.78 is 26.0. The molecule has 1 fully saturated rings. The molecule has 2 rings (SSSR count). The molecule has 0 radical (unpaired) electrons. The SMILES string of the molecule is CC1CCCCN1C(=O)CN(C)S(=O)(=O)c1ccc(Cl)cc1. The van der Waals surface area contributed by atoms with Gasteiger partial charge >= 0.3 is 0 Å². The van der Waals surface area contributed by atoms with Gasteiger partial charge in [-0.2, -0.15) is 4.31 Å². The molecule has 22 heavy (non-hydrogen) atoms. The van der Waals surface area contributed by atoms with Crippen molar-refractivity contribution < 1.29 is 13.2 Å². The average molecular weight is 345 g/mol. The molecule has 1 aliphatic heterocycles. The maximum atomic E-state index is 12.5. The smallest absolute Gasteiger partial charge is 0.243 e. The number of hydrogen-bond acceptors (Lipinski definition) is 3. The van der Waals surface area contributed by atoms with Crippen LogP contribution in [-0.4, -0.2) is 49.7 Å². The van der Waals surface area contributed by atoms with Crippen LogP contribution in [0.3, 0.4) is 0 Å². The Kier molecular flexibility index (Phi) is 5.47. The van der Waals surface area contributed by atoms with Crippen LogP contribution in [-0.2, 0) is 14.8 Å². The number of halogens is 1. The van der Waals surface area contributed by atoms with Crippen LogP contribution >= 0.6 is 11.6 Å². The fourth-order valence-corrected chi connectivity index (χ4v) is 3.87. The van der Waals surface area contributed by atoms with Crippen LogP contribution in [0.4, 0.5) is 0 Å². The largest absolute Gasteiger partial charge is 0.339 e. The van der Waals surface area contributed by atoms with Gasteiger partial charge in [0.2, 0.25) is 15.9 Å². The molecule has 1 atom stereocenters. The Morgan fingerprint density at radius 3 is 2.55 bits per heavy atom. The molecule has 1 aromatic carbocycles. The second kappa shape index (κ2) is 6.98. The van der Waals surface area contributed by atoms with E-state index in [-0.39, 0.29) is 23.4 Å². The lowest BCUT2D eigenvalue weighted by Gasteiger charge is -2.34. The van der Waals surface area contributed by atoms with Gasteiger partial charge in [0.05, 0.1) is 11.4 Å². The number of amides is 1. The number of hydrogen-bond donors (Lipinski definition) is 0. The van der Waals surface area contributed by atoms with E-state index in [9.17, 15) is 13.2 Å². The summed E-state index contributed by atoms with van der Waals surface area (Å²) in [5.74, 6) is -0.146. The third kappa shape index (κ3) is 3.80. The molecule has 122 valence electrons. The zero-order valence-electron chi connectivity index (χ0n) is 12.8. The molecule has 7 heteroatoms. The van der Waals surface area contributed by atoms with E-state index >= 15 is 0 Å². The topological polar surface area (TPSA) is 57.7 Å². The number of likely N-dealkylation sites (N-methyl/N-ethyl adjacent to an activating group) is 1. The summed E-state index contributed by atoms with van der Waals surface area (Å²) >= 11 is 5.77. The lowest BCUT2D eigenvalue weighted by atomic mass is 10.0. The maximum Gasteiger partial charge on any atom is 0.243 e. The van der Waals surface area contributed by atoms with Crippen molar-refractivity contribution >= 4 is 27.5 Å². The molecule has 1 heterocycles. The van der Waals surface area contributed by atoms with Crippen molar-refractivity contribution in [2.75, 3.05) is 20.1 Å². The molecular weight excluding hydrogens is 324 g/mol. The van der Waals surface area contributed by atoms with Crippen LogP contribution < -0.4 is 0 Å². The van der Waals surface area contributed by atoms with Crippen LogP contribution in [0.15, 0.2) is 29.2 Å². The molecule has 1 aliphatic rings. The van der Waals surface area contributed by atoms with Crippen LogP contribution in [0.25, 0.3) is 0 Å². The maximum absolute atomic E-state index is 12.5. The molecule has 1 amide bonds. The van der Waals surface area contributed by atoms with Crippen molar-refractivity contribution in [2.24, 2.45) is 0 Å². The summed E-state index contributed by atoms with van der Waals surface area (Å²) in [6, 6.07) is 6.12. The van der Waals surface area contributed by atoms with Crippen LogP contribution in [0.5, 0.6) is 0 Å². The van der Waals surface area contributed by atoms with Gasteiger partial charge in [0.1, 0.15) is 0 Å². The third-order valence-electron chi connectivity index (χ3n) is 4.00. The fourth-order valence-electron chi connectivity index (χ4n) is 2.62. The molecule has 0 spiro atoms. The van der Waals surface area contributed by atoms with Crippen LogP contribution in [0.2, 0.25) is 5.02 Å². The van der Waals surface area contributed by atoms with E-state index in [1.807, 2.05) is 6.92 Å². The van der Waals surface area contributed by atoms with Crippen molar-refractivity contribution in [3.05, 3.63) is 29.3 Å². The van der Waals surface area contributed by atoms with Crippen molar-refractivity contribution in [2.45, 2.75) is 37.1 Å². The number of benzene rings is 1. The number of rotatable bonds is 4. The summed E-state index contributed by atoms with van der Waals surface area (Å²) in [5, 5.41) is 0.472. The quantitative estimate of drug-likeness (QED) is 0.842. The van der Waals surface area contributed by atoms with Gasteiger partial charge in [-0.25, -0.2) is 8.42 Å². The van der Waals surface area contributed by atoms with E-state index < -0.39 is 10.0 Å². The molecule has 0 bridgehead atoms. The Hall–Kier alpha value is -1.11. The molecule has 1 unspecified atom stereocenters. The molecule has 0 aromatic heterocycles. The Morgan fingerprint density at radius 1 is 1.32 bits per heavy atom. The van der Waals surface area contributed by atoms with Gasteiger partial charge in [0.15, 0.2) is 0 Å². The van der Waals surface area contributed by atoms with E-state index in [2.05, 4.69) is 0 Å². The van der Waals surface area contributed by atoms with Crippen molar-refractivity contribution in [1.82, 2.24) is 9.21 Å². The van der Waals surface area contributed by atoms with Gasteiger partial charge in [0.25, 0.3) is 0 Å². The summed E-state index contributed by atoms with van der Waals surface area (Å²) in [6.45, 7) is 2.56. The Bertz CT molecular complexity index is 631. The number of carbonyl (C=O) groups is 1. The third-order valence-corrected chi connectivity index (χ3v) is 6.07. The van der Waals surface area contributed by atoms with E-state index in [0.29, 0.717) is 11.6 Å². The Labute approximate surface area is 136 Å². The van der Waals surface area contributed by atoms with E-state index in [1.54, 1.807) is 4.90 Å². The van der Waals surface area contributed by atoms with Gasteiger partial charge < -0.3 is 4.90 Å². The highest BCUT2D eigenvalue weighted by atomic mass is 35.5. The monoisotopic (exact) mass is 344 g/mol. The highest BCUT2D eigenvalue weighted by molar-refractivity contribution is 7.89. The van der Waals surface area contributed by atoms with E-state index in [1.165, 1.54) is 31.3 Å². The van der Waals surface area contributed by atoms with Crippen molar-refractivity contribution in [1.29, 1.82) is 0 Å². The summed E-state index contributed by atoms with van der Waals surface area (Å²) in [5.41, 5.74) is 0. The second-order valence-corrected chi connectivity index (χ2v) is 8.13. The first-order chi connectivity index (χ1) is 10.3. The molecule has 0 N–H and O–H groups in total. The first kappa shape index (κ1) is 17.2. The second-order valence-electron chi connectivity index (χ2n) is 5.65. The molecule has 1 saturated heterocycles. The lowest BCUT2D eigenvalue weighted by Crippen LogP contribution is -2.47. The molecule has 0 saturated carbocycles. The minimum absolute atomic E-state index is 0.138. The number of carbonyl (C=O) groups excluding carboxylic acids is 1. The van der Waals surface area contributed by atoms with Crippen LogP contribution in [0, 0.1) is 0 Å². The van der Waals surface area contributed by atoms with Gasteiger partial charge in [-0.15, -0.1) is 0 Å². The highest BCUT2D eigenvalue weighted by Crippen LogP contribution is 2.19. The molecule has 5 nitrogen and oxygen atoms in total. The minimum atomic E-state index is -3.68. The van der Waals surface area contributed by atoms with Gasteiger partial charge in [-0.1, -0.05) is 11.6 Å². The van der Waals surface area contributed by atoms with Crippen molar-refractivity contribution in [3.8, 4) is 0 Å². The minimum Gasteiger partial charge on any atom is -0.339 e. The van der Waals surface area contributed by atoms with Gasteiger partial charge in [-0.3, -0.25) is 4.79 Å². The van der Waals surface area contributed by atoms with Gasteiger partial charge in [-0.05, 0) is 50.5 Å². The zero-order chi connectivity index (χ0) is 16.3. The Morgan fingerprint density at radius 2 is 1.95 bits per heavy atom. The standard InChI is InChI=1S/C15H21ClN2O3S/c1-12-5-3-4-10-18(12)15(19)11-17(2)22(20,21)14-8-6-13(16)7-9-14/h6-9,12H,3-5,10-11H2,1-2H3. The number of sulfonamides is 1. The first-order valence-electron chi connectivity index (χ1n) is 7.34. The number of piperidine rings is 1. The highest BCUT2D eigenvalue weighted by Gasteiger charge is 2.28. The zero-order valence-corrected chi connectivity index (χ0v) is 14.4. The first-order valence-corrected chi connectivity index (χ1v) is 9.15.